The molecule has 1 aromatic rings. The van der Waals surface area contributed by atoms with Crippen molar-refractivity contribution in [3.63, 3.8) is 0 Å². The molecule has 0 heterocycles. The molecule has 14 heavy (non-hydrogen) atoms. The highest BCUT2D eigenvalue weighted by Gasteiger charge is 2.16. The van der Waals surface area contributed by atoms with Gasteiger partial charge in [-0.05, 0) is 24.1 Å². The molecule has 2 nitrogen and oxygen atoms in total. The Kier molecular flexibility index (Phi) is 4.04. The van der Waals surface area contributed by atoms with Gasteiger partial charge in [0.25, 0.3) is 0 Å². The minimum Gasteiger partial charge on any atom is -0.390 e. The molecule has 78 valence electrons. The van der Waals surface area contributed by atoms with E-state index in [1.54, 1.807) is 0 Å². The lowest BCUT2D eigenvalue weighted by atomic mass is 10.0. The van der Waals surface area contributed by atoms with Gasteiger partial charge >= 0.3 is 0 Å². The van der Waals surface area contributed by atoms with Gasteiger partial charge < -0.3 is 10.2 Å². The second-order valence-corrected chi connectivity index (χ2v) is 3.35. The van der Waals surface area contributed by atoms with E-state index >= 15 is 0 Å². The van der Waals surface area contributed by atoms with E-state index in [1.807, 2.05) is 6.92 Å². The second kappa shape index (κ2) is 5.08. The largest absolute Gasteiger partial charge is 0.390 e. The Balaban J connectivity index is 2.68. The zero-order valence-electron chi connectivity index (χ0n) is 8.15. The van der Waals surface area contributed by atoms with Crippen molar-refractivity contribution in [1.82, 2.24) is 0 Å². The van der Waals surface area contributed by atoms with Gasteiger partial charge in [-0.25, -0.2) is 4.39 Å². The lowest BCUT2D eigenvalue weighted by Crippen LogP contribution is -2.17. The molecule has 0 bridgehead atoms. The molecule has 2 N–H and O–H groups in total. The smallest absolute Gasteiger partial charge is 0.123 e. The van der Waals surface area contributed by atoms with Crippen LogP contribution in [0.5, 0.6) is 0 Å². The van der Waals surface area contributed by atoms with E-state index < -0.39 is 12.2 Å². The molecular weight excluding hydrogens is 183 g/mol. The van der Waals surface area contributed by atoms with Crippen LogP contribution in [0.3, 0.4) is 0 Å². The third-order valence-corrected chi connectivity index (χ3v) is 2.16. The van der Waals surface area contributed by atoms with Crippen LogP contribution in [0.2, 0.25) is 0 Å². The van der Waals surface area contributed by atoms with Gasteiger partial charge in [0.2, 0.25) is 0 Å². The first kappa shape index (κ1) is 11.1. The summed E-state index contributed by atoms with van der Waals surface area (Å²) >= 11 is 0. The second-order valence-electron chi connectivity index (χ2n) is 3.35. The summed E-state index contributed by atoms with van der Waals surface area (Å²) in [5, 5.41) is 19.1. The van der Waals surface area contributed by atoms with Crippen molar-refractivity contribution >= 4 is 0 Å². The van der Waals surface area contributed by atoms with Crippen LogP contribution in [0.15, 0.2) is 24.3 Å². The molecule has 0 spiro atoms. The summed E-state index contributed by atoms with van der Waals surface area (Å²) in [5.41, 5.74) is 0.548. The van der Waals surface area contributed by atoms with Crippen molar-refractivity contribution in [2.45, 2.75) is 32.0 Å². The van der Waals surface area contributed by atoms with Gasteiger partial charge in [0.05, 0.1) is 6.10 Å². The van der Waals surface area contributed by atoms with Crippen LogP contribution >= 0.6 is 0 Å². The summed E-state index contributed by atoms with van der Waals surface area (Å²) in [6, 6.07) is 5.52. The Bertz CT molecular complexity index is 271. The third kappa shape index (κ3) is 2.79. The number of hydrogen-bond acceptors (Lipinski definition) is 2. The van der Waals surface area contributed by atoms with Crippen molar-refractivity contribution in [2.24, 2.45) is 0 Å². The standard InChI is InChI=1S/C11H15FO2/c1-2-3-10(13)11(14)8-4-6-9(12)7-5-8/h4-7,10-11,13-14H,2-3H2,1H3. The summed E-state index contributed by atoms with van der Waals surface area (Å²) in [6.07, 6.45) is -0.348. The number of halogens is 1. The lowest BCUT2D eigenvalue weighted by Gasteiger charge is -2.17. The van der Waals surface area contributed by atoms with E-state index in [-0.39, 0.29) is 5.82 Å². The monoisotopic (exact) mass is 198 g/mol. The Morgan fingerprint density at radius 3 is 2.29 bits per heavy atom. The molecule has 1 rings (SSSR count). The van der Waals surface area contributed by atoms with Crippen LogP contribution in [-0.4, -0.2) is 16.3 Å². The highest BCUT2D eigenvalue weighted by Crippen LogP contribution is 2.19. The van der Waals surface area contributed by atoms with E-state index in [1.165, 1.54) is 24.3 Å². The summed E-state index contributed by atoms with van der Waals surface area (Å²) in [6.45, 7) is 1.93. The van der Waals surface area contributed by atoms with Crippen LogP contribution in [0.25, 0.3) is 0 Å². The molecule has 0 aromatic heterocycles. The van der Waals surface area contributed by atoms with Crippen LogP contribution in [0.1, 0.15) is 31.4 Å². The SMILES string of the molecule is CCCC(O)C(O)c1ccc(F)cc1. The van der Waals surface area contributed by atoms with E-state index in [2.05, 4.69) is 0 Å². The van der Waals surface area contributed by atoms with Gasteiger partial charge in [-0.3, -0.25) is 0 Å². The molecule has 2 atom stereocenters. The molecule has 0 aliphatic rings. The van der Waals surface area contributed by atoms with E-state index in [9.17, 15) is 14.6 Å². The topological polar surface area (TPSA) is 40.5 Å². The lowest BCUT2D eigenvalue weighted by molar-refractivity contribution is 0.0130. The third-order valence-electron chi connectivity index (χ3n) is 2.16. The van der Waals surface area contributed by atoms with Crippen molar-refractivity contribution in [1.29, 1.82) is 0 Å². The van der Waals surface area contributed by atoms with Gasteiger partial charge in [0.1, 0.15) is 11.9 Å². The zero-order chi connectivity index (χ0) is 10.6. The van der Waals surface area contributed by atoms with Gasteiger partial charge in [-0.15, -0.1) is 0 Å². The van der Waals surface area contributed by atoms with Crippen molar-refractivity contribution in [3.8, 4) is 0 Å². The molecule has 0 amide bonds. The van der Waals surface area contributed by atoms with Crippen molar-refractivity contribution in [3.05, 3.63) is 35.6 Å². The molecule has 0 aliphatic heterocycles. The number of rotatable bonds is 4. The normalized spacial score (nSPS) is 15.1. The fourth-order valence-electron chi connectivity index (χ4n) is 1.34. The molecule has 0 saturated carbocycles. The van der Waals surface area contributed by atoms with Gasteiger partial charge in [-0.2, -0.15) is 0 Å². The first-order chi connectivity index (χ1) is 6.65. The number of benzene rings is 1. The fraction of sp³-hybridized carbons (Fsp3) is 0.455. The molecule has 1 aromatic carbocycles. The molecule has 3 heteroatoms. The zero-order valence-corrected chi connectivity index (χ0v) is 8.15. The Labute approximate surface area is 83.0 Å². The van der Waals surface area contributed by atoms with Crippen LogP contribution < -0.4 is 0 Å². The Hall–Kier alpha value is -0.930. The maximum Gasteiger partial charge on any atom is 0.123 e. The first-order valence-electron chi connectivity index (χ1n) is 4.76. The van der Waals surface area contributed by atoms with Gasteiger partial charge in [-0.1, -0.05) is 25.5 Å². The predicted molar refractivity (Wildman–Crippen MR) is 52.3 cm³/mol. The number of hydrogen-bond donors (Lipinski definition) is 2. The highest BCUT2D eigenvalue weighted by atomic mass is 19.1. The first-order valence-corrected chi connectivity index (χ1v) is 4.76. The van der Waals surface area contributed by atoms with Crippen LogP contribution in [-0.2, 0) is 0 Å². The van der Waals surface area contributed by atoms with Crippen molar-refractivity contribution < 1.29 is 14.6 Å². The molecule has 2 unspecified atom stereocenters. The van der Waals surface area contributed by atoms with Gasteiger partial charge in [0.15, 0.2) is 0 Å². The minimum atomic E-state index is -0.921. The van der Waals surface area contributed by atoms with Gasteiger partial charge in [0, 0.05) is 0 Å². The van der Waals surface area contributed by atoms with Crippen LogP contribution in [0, 0.1) is 5.82 Å². The molecule has 0 radical (unpaired) electrons. The fourth-order valence-corrected chi connectivity index (χ4v) is 1.34. The minimum absolute atomic E-state index is 0.342. The molecule has 0 aliphatic carbocycles. The predicted octanol–water partition coefficient (Wildman–Crippen LogP) is 2.02. The number of aliphatic hydroxyl groups is 2. The van der Waals surface area contributed by atoms with E-state index in [0.717, 1.165) is 6.42 Å². The average molecular weight is 198 g/mol. The molecular formula is C11H15FO2. The Morgan fingerprint density at radius 2 is 1.79 bits per heavy atom. The quantitative estimate of drug-likeness (QED) is 0.777. The van der Waals surface area contributed by atoms with E-state index in [4.69, 9.17) is 0 Å². The maximum atomic E-state index is 12.6. The number of aliphatic hydroxyl groups excluding tert-OH is 2. The van der Waals surface area contributed by atoms with Crippen molar-refractivity contribution in [2.75, 3.05) is 0 Å². The Morgan fingerprint density at radius 1 is 1.21 bits per heavy atom. The molecule has 0 saturated heterocycles. The molecule has 0 fully saturated rings. The summed E-state index contributed by atoms with van der Waals surface area (Å²) in [7, 11) is 0. The average Bonchev–Trinajstić information content (AvgIpc) is 2.18. The summed E-state index contributed by atoms with van der Waals surface area (Å²) < 4.78 is 12.6. The summed E-state index contributed by atoms with van der Waals surface area (Å²) in [5.74, 6) is -0.342. The highest BCUT2D eigenvalue weighted by molar-refractivity contribution is 5.19. The summed E-state index contributed by atoms with van der Waals surface area (Å²) in [4.78, 5) is 0. The van der Waals surface area contributed by atoms with E-state index in [0.29, 0.717) is 12.0 Å². The van der Waals surface area contributed by atoms with Crippen LogP contribution in [0.4, 0.5) is 4.39 Å². The maximum absolute atomic E-state index is 12.6.